The SMILES string of the molecule is CN1C(=O)c2ccc3c4ccc5c6c(ccc(c7ccc(c2c37)C1=O)c64)C(=O)N(CCN1C(=O)c2ccc3c4c(ccc(c24)C1=O)C(O)N(C)C3=O)C5=O. The van der Waals surface area contributed by atoms with E-state index in [9.17, 15) is 38.7 Å². The summed E-state index contributed by atoms with van der Waals surface area (Å²) in [6, 6.07) is 20.2. The first-order valence-corrected chi connectivity index (χ1v) is 17.3. The highest BCUT2D eigenvalue weighted by molar-refractivity contribution is 6.41. The van der Waals surface area contributed by atoms with Gasteiger partial charge in [-0.15, -0.1) is 0 Å². The minimum atomic E-state index is -1.25. The summed E-state index contributed by atoms with van der Waals surface area (Å²) in [5, 5.41) is 17.1. The second-order valence-electron chi connectivity index (χ2n) is 14.2. The van der Waals surface area contributed by atoms with Crippen molar-refractivity contribution in [3.05, 3.63) is 117 Å². The van der Waals surface area contributed by atoms with Crippen molar-refractivity contribution in [2.75, 3.05) is 27.2 Å². The number of carbonyl (C=O) groups is 7. The Kier molecular flexibility index (Phi) is 5.59. The summed E-state index contributed by atoms with van der Waals surface area (Å²) in [7, 11) is 2.93. The molecule has 12 heteroatoms. The molecule has 7 aromatic rings. The summed E-state index contributed by atoms with van der Waals surface area (Å²) < 4.78 is 0. The molecule has 0 fully saturated rings. The smallest absolute Gasteiger partial charge is 0.261 e. The van der Waals surface area contributed by atoms with Gasteiger partial charge in [-0.3, -0.25) is 48.3 Å². The van der Waals surface area contributed by atoms with Gasteiger partial charge in [-0.25, -0.2) is 0 Å². The first kappa shape index (κ1) is 30.6. The lowest BCUT2D eigenvalue weighted by Gasteiger charge is -2.35. The maximum Gasteiger partial charge on any atom is 0.261 e. The first-order valence-electron chi connectivity index (χ1n) is 17.3. The Hall–Kier alpha value is -7.05. The molecule has 7 aromatic carbocycles. The molecule has 0 bridgehead atoms. The Morgan fingerprint density at radius 3 is 1.13 bits per heavy atom. The third kappa shape index (κ3) is 3.39. The van der Waals surface area contributed by atoms with Gasteiger partial charge in [0.2, 0.25) is 0 Å². The fraction of sp³-hybridized carbons (Fsp3) is 0.119. The highest BCUT2D eigenvalue weighted by Gasteiger charge is 2.41. The van der Waals surface area contributed by atoms with Gasteiger partial charge in [0.1, 0.15) is 0 Å². The van der Waals surface area contributed by atoms with Crippen LogP contribution in [-0.2, 0) is 0 Å². The van der Waals surface area contributed by atoms with Gasteiger partial charge in [0, 0.05) is 93.2 Å². The molecule has 0 radical (unpaired) electrons. The number of benzene rings is 7. The van der Waals surface area contributed by atoms with E-state index in [1.807, 2.05) is 24.3 Å². The Labute approximate surface area is 303 Å². The van der Waals surface area contributed by atoms with E-state index >= 15 is 0 Å². The van der Waals surface area contributed by atoms with Crippen molar-refractivity contribution in [3.8, 4) is 0 Å². The topological polar surface area (TPSA) is 153 Å². The van der Waals surface area contributed by atoms with Crippen LogP contribution in [0.25, 0.3) is 53.9 Å². The molecule has 4 aliphatic rings. The van der Waals surface area contributed by atoms with Gasteiger partial charge in [0.05, 0.1) is 0 Å². The summed E-state index contributed by atoms with van der Waals surface area (Å²) in [5.41, 5.74) is 2.48. The molecular formula is C42H24N4O8. The molecule has 4 aliphatic heterocycles. The highest BCUT2D eigenvalue weighted by atomic mass is 16.3. The molecular weight excluding hydrogens is 688 g/mol. The number of nitrogens with zero attached hydrogens (tertiary/aromatic N) is 4. The number of amides is 7. The van der Waals surface area contributed by atoms with Crippen LogP contribution in [0.2, 0.25) is 0 Å². The second-order valence-corrected chi connectivity index (χ2v) is 14.2. The third-order valence-electron chi connectivity index (χ3n) is 11.8. The molecule has 11 rings (SSSR count). The van der Waals surface area contributed by atoms with E-state index in [2.05, 4.69) is 0 Å². The molecule has 0 spiro atoms. The van der Waals surface area contributed by atoms with Crippen LogP contribution in [0.1, 0.15) is 84.3 Å². The first-order chi connectivity index (χ1) is 26.0. The number of carbonyl (C=O) groups excluding carboxylic acids is 7. The fourth-order valence-electron chi connectivity index (χ4n) is 9.21. The summed E-state index contributed by atoms with van der Waals surface area (Å²) in [6.07, 6.45) is -1.25. The number of hydrogen-bond acceptors (Lipinski definition) is 8. The monoisotopic (exact) mass is 712 g/mol. The largest absolute Gasteiger partial charge is 0.369 e. The van der Waals surface area contributed by atoms with Gasteiger partial charge < -0.3 is 10.0 Å². The van der Waals surface area contributed by atoms with Gasteiger partial charge in [0.25, 0.3) is 41.4 Å². The average molecular weight is 713 g/mol. The lowest BCUT2D eigenvalue weighted by Crippen LogP contribution is -2.48. The normalized spacial score (nSPS) is 18.0. The van der Waals surface area contributed by atoms with Gasteiger partial charge >= 0.3 is 0 Å². The third-order valence-corrected chi connectivity index (χ3v) is 11.8. The lowest BCUT2D eigenvalue weighted by atomic mass is 9.82. The molecule has 0 saturated carbocycles. The van der Waals surface area contributed by atoms with Gasteiger partial charge in [-0.2, -0.15) is 0 Å². The van der Waals surface area contributed by atoms with Crippen molar-refractivity contribution in [2.24, 2.45) is 0 Å². The number of fused-ring (bicyclic) bond motifs is 2. The summed E-state index contributed by atoms with van der Waals surface area (Å²) in [5.74, 6) is -3.62. The zero-order chi connectivity index (χ0) is 37.2. The fourth-order valence-corrected chi connectivity index (χ4v) is 9.21. The average Bonchev–Trinajstić information content (AvgIpc) is 3.18. The van der Waals surface area contributed by atoms with Crippen LogP contribution in [-0.4, -0.2) is 93.2 Å². The Balaban J connectivity index is 0.985. The number of rotatable bonds is 3. The van der Waals surface area contributed by atoms with E-state index < -0.39 is 35.8 Å². The minimum absolute atomic E-state index is 0.178. The molecule has 0 aliphatic carbocycles. The van der Waals surface area contributed by atoms with Crippen LogP contribution >= 0.6 is 0 Å². The maximum absolute atomic E-state index is 14.2. The molecule has 7 amide bonds. The predicted octanol–water partition coefficient (Wildman–Crippen LogP) is 5.08. The van der Waals surface area contributed by atoms with E-state index in [0.717, 1.165) is 41.6 Å². The zero-order valence-electron chi connectivity index (χ0n) is 28.5. The van der Waals surface area contributed by atoms with E-state index in [0.29, 0.717) is 54.7 Å². The number of aliphatic hydroxyl groups is 1. The summed E-state index contributed by atoms with van der Waals surface area (Å²) in [4.78, 5) is 99.8. The van der Waals surface area contributed by atoms with Crippen LogP contribution in [0.15, 0.2) is 72.8 Å². The van der Waals surface area contributed by atoms with Gasteiger partial charge in [-0.1, -0.05) is 30.3 Å². The minimum Gasteiger partial charge on any atom is -0.369 e. The van der Waals surface area contributed by atoms with Gasteiger partial charge in [-0.05, 0) is 74.8 Å². The molecule has 1 N–H and O–H groups in total. The summed E-state index contributed by atoms with van der Waals surface area (Å²) >= 11 is 0. The van der Waals surface area contributed by atoms with Crippen molar-refractivity contribution in [3.63, 3.8) is 0 Å². The number of imide groups is 3. The van der Waals surface area contributed by atoms with E-state index in [1.54, 1.807) is 30.3 Å². The van der Waals surface area contributed by atoms with E-state index in [1.165, 1.54) is 37.2 Å². The van der Waals surface area contributed by atoms with Crippen LogP contribution in [0, 0.1) is 0 Å². The Morgan fingerprint density at radius 2 is 0.722 bits per heavy atom. The molecule has 1 unspecified atom stereocenters. The molecule has 0 aromatic heterocycles. The van der Waals surface area contributed by atoms with E-state index in [4.69, 9.17) is 0 Å². The molecule has 54 heavy (non-hydrogen) atoms. The van der Waals surface area contributed by atoms with E-state index in [-0.39, 0.29) is 41.6 Å². The summed E-state index contributed by atoms with van der Waals surface area (Å²) in [6.45, 7) is -0.536. The van der Waals surface area contributed by atoms with Crippen molar-refractivity contribution in [1.82, 2.24) is 19.6 Å². The Morgan fingerprint density at radius 1 is 0.407 bits per heavy atom. The van der Waals surface area contributed by atoms with Crippen LogP contribution < -0.4 is 0 Å². The standard InChI is InChI=1S/C42H24N4O8/c1-43-35(47)21-7-3-17-19-5-9-25-33-26(10-6-20(30(19)33)18-4-8-22(36(43)48)31(21)29(17)18)40(52)45(39(25)51)15-16-46-41(53)27-13-11-23-32-24(38(50)44(2)37(23)49)12-14-28(34(27)32)42(46)54/h3-14,37,49H,15-16H2,1-2H3. The molecule has 4 heterocycles. The maximum atomic E-state index is 14.2. The molecule has 12 nitrogen and oxygen atoms in total. The lowest BCUT2D eigenvalue weighted by molar-refractivity contribution is 0.0173. The quantitative estimate of drug-likeness (QED) is 0.151. The predicted molar refractivity (Wildman–Crippen MR) is 196 cm³/mol. The van der Waals surface area contributed by atoms with Crippen LogP contribution in [0.4, 0.5) is 0 Å². The zero-order valence-corrected chi connectivity index (χ0v) is 28.5. The second kappa shape index (κ2) is 9.88. The van der Waals surface area contributed by atoms with Crippen molar-refractivity contribution in [1.29, 1.82) is 0 Å². The van der Waals surface area contributed by atoms with Crippen LogP contribution in [0.3, 0.4) is 0 Å². The van der Waals surface area contributed by atoms with Crippen molar-refractivity contribution in [2.45, 2.75) is 6.23 Å². The van der Waals surface area contributed by atoms with Crippen molar-refractivity contribution < 1.29 is 38.7 Å². The molecule has 1 atom stereocenters. The van der Waals surface area contributed by atoms with Crippen LogP contribution in [0.5, 0.6) is 0 Å². The molecule has 260 valence electrons. The molecule has 0 saturated heterocycles. The number of aliphatic hydroxyl groups excluding tert-OH is 1. The highest BCUT2D eigenvalue weighted by Crippen LogP contribution is 2.46. The van der Waals surface area contributed by atoms with Gasteiger partial charge in [0.15, 0.2) is 6.23 Å². The Bertz CT molecular complexity index is 2970. The van der Waals surface area contributed by atoms with Crippen molar-refractivity contribution >= 4 is 95.2 Å². The number of hydrogen-bond donors (Lipinski definition) is 1.